The van der Waals surface area contributed by atoms with Crippen molar-refractivity contribution in [1.29, 1.82) is 0 Å². The number of rotatable bonds is 4. The van der Waals surface area contributed by atoms with Gasteiger partial charge in [0.25, 0.3) is 0 Å². The molecule has 0 N–H and O–H groups in total. The maximum atomic E-state index is 12.0. The van der Waals surface area contributed by atoms with Gasteiger partial charge in [-0.1, -0.05) is 19.3 Å². The number of carbonyl (C=O) groups excluding carboxylic acids is 1. The van der Waals surface area contributed by atoms with Gasteiger partial charge in [-0.3, -0.25) is 4.79 Å². The van der Waals surface area contributed by atoms with Crippen LogP contribution in [-0.4, -0.2) is 42.8 Å². The van der Waals surface area contributed by atoms with E-state index in [-0.39, 0.29) is 11.9 Å². The number of alkyl halides is 3. The third-order valence-electron chi connectivity index (χ3n) is 4.30. The molecule has 0 radical (unpaired) electrons. The van der Waals surface area contributed by atoms with E-state index < -0.39 is 19.4 Å². The van der Waals surface area contributed by atoms with Gasteiger partial charge in [-0.25, -0.2) is 0 Å². The Labute approximate surface area is 117 Å². The Bertz CT molecular complexity index is 327. The van der Waals surface area contributed by atoms with Crippen LogP contribution < -0.4 is 0 Å². The average molecular weight is 293 g/mol. The maximum absolute atomic E-state index is 12.0. The molecule has 2 rings (SSSR count). The van der Waals surface area contributed by atoms with Gasteiger partial charge in [0.05, 0.1) is 0 Å². The van der Waals surface area contributed by atoms with Gasteiger partial charge >= 0.3 is 6.18 Å². The van der Waals surface area contributed by atoms with Gasteiger partial charge in [0.15, 0.2) is 0 Å². The van der Waals surface area contributed by atoms with Gasteiger partial charge in [0.1, 0.15) is 13.2 Å². The van der Waals surface area contributed by atoms with Crippen molar-refractivity contribution < 1.29 is 22.7 Å². The van der Waals surface area contributed by atoms with Gasteiger partial charge in [-0.05, 0) is 31.6 Å². The highest BCUT2D eigenvalue weighted by molar-refractivity contribution is 5.78. The molecule has 20 heavy (non-hydrogen) atoms. The van der Waals surface area contributed by atoms with Crippen LogP contribution >= 0.6 is 0 Å². The molecule has 0 aromatic rings. The molecule has 1 saturated carbocycles. The molecule has 3 nitrogen and oxygen atoms in total. The summed E-state index contributed by atoms with van der Waals surface area (Å²) in [4.78, 5) is 13.8. The van der Waals surface area contributed by atoms with Gasteiger partial charge in [-0.15, -0.1) is 0 Å². The second-order valence-corrected chi connectivity index (χ2v) is 5.80. The smallest absolute Gasteiger partial charge is 0.362 e. The van der Waals surface area contributed by atoms with Crippen LogP contribution in [0.25, 0.3) is 0 Å². The van der Waals surface area contributed by atoms with Crippen LogP contribution in [-0.2, 0) is 9.53 Å². The fourth-order valence-electron chi connectivity index (χ4n) is 3.45. The Morgan fingerprint density at radius 3 is 2.45 bits per heavy atom. The molecule has 1 unspecified atom stereocenters. The molecular formula is C14H22F3NO2. The third kappa shape index (κ3) is 4.36. The number of hydrogen-bond donors (Lipinski definition) is 0. The van der Waals surface area contributed by atoms with Crippen molar-refractivity contribution >= 4 is 5.91 Å². The minimum atomic E-state index is -4.37. The molecule has 2 aliphatic rings. The molecule has 116 valence electrons. The van der Waals surface area contributed by atoms with E-state index in [0.29, 0.717) is 12.5 Å². The Morgan fingerprint density at radius 2 is 1.80 bits per heavy atom. The van der Waals surface area contributed by atoms with Gasteiger partial charge in [0.2, 0.25) is 5.91 Å². The quantitative estimate of drug-likeness (QED) is 0.797. The van der Waals surface area contributed by atoms with E-state index in [2.05, 4.69) is 4.74 Å². The van der Waals surface area contributed by atoms with Crippen molar-refractivity contribution in [3.8, 4) is 0 Å². The second-order valence-electron chi connectivity index (χ2n) is 5.80. The summed E-state index contributed by atoms with van der Waals surface area (Å²) in [6, 6.07) is 0.220. The Kier molecular flexibility index (Phi) is 5.29. The molecule has 0 aromatic heterocycles. The summed E-state index contributed by atoms with van der Waals surface area (Å²) in [7, 11) is 0. The highest BCUT2D eigenvalue weighted by Crippen LogP contribution is 2.34. The molecule has 1 aliphatic heterocycles. The van der Waals surface area contributed by atoms with E-state index in [0.717, 1.165) is 25.7 Å². The molecule has 2 fully saturated rings. The minimum absolute atomic E-state index is 0.220. The molecule has 0 spiro atoms. The number of nitrogens with zero attached hydrogens (tertiary/aromatic N) is 1. The summed E-state index contributed by atoms with van der Waals surface area (Å²) in [6.07, 6.45) is 3.50. The Balaban J connectivity index is 1.81. The van der Waals surface area contributed by atoms with Crippen LogP contribution in [0.3, 0.4) is 0 Å². The lowest BCUT2D eigenvalue weighted by Crippen LogP contribution is -2.42. The predicted molar refractivity (Wildman–Crippen MR) is 68.2 cm³/mol. The highest BCUT2D eigenvalue weighted by atomic mass is 19.4. The number of amides is 1. The summed E-state index contributed by atoms with van der Waals surface area (Å²) < 4.78 is 40.5. The molecule has 1 amide bonds. The molecule has 1 saturated heterocycles. The molecule has 1 aliphatic carbocycles. The fourth-order valence-corrected chi connectivity index (χ4v) is 3.45. The lowest BCUT2D eigenvalue weighted by atomic mass is 9.83. The summed E-state index contributed by atoms with van der Waals surface area (Å²) in [6.45, 7) is -1.14. The summed E-state index contributed by atoms with van der Waals surface area (Å²) in [5.74, 6) is 0.236. The van der Waals surface area contributed by atoms with Crippen LogP contribution in [0.1, 0.15) is 44.9 Å². The van der Waals surface area contributed by atoms with Crippen molar-refractivity contribution in [2.75, 3.05) is 19.8 Å². The van der Waals surface area contributed by atoms with Crippen molar-refractivity contribution in [2.24, 2.45) is 5.92 Å². The number of ether oxygens (including phenoxy) is 1. The largest absolute Gasteiger partial charge is 0.411 e. The fraction of sp³-hybridized carbons (Fsp3) is 0.929. The average Bonchev–Trinajstić information content (AvgIpc) is 2.87. The topological polar surface area (TPSA) is 29.5 Å². The predicted octanol–water partition coefficient (Wildman–Crippen LogP) is 3.14. The molecule has 0 aromatic carbocycles. The van der Waals surface area contributed by atoms with E-state index in [1.165, 1.54) is 19.3 Å². The first-order valence-electron chi connectivity index (χ1n) is 7.41. The van der Waals surface area contributed by atoms with Crippen LogP contribution in [0.2, 0.25) is 0 Å². The zero-order valence-electron chi connectivity index (χ0n) is 11.6. The standard InChI is InChI=1S/C14H22F3NO2/c15-14(16,17)10-20-9-13(19)18-8-4-7-12(18)11-5-2-1-3-6-11/h11-12H,1-10H2. The summed E-state index contributed by atoms with van der Waals surface area (Å²) in [5.41, 5.74) is 0. The normalized spacial score (nSPS) is 25.1. The van der Waals surface area contributed by atoms with Gasteiger partial charge < -0.3 is 9.64 Å². The molecule has 0 bridgehead atoms. The van der Waals surface area contributed by atoms with Crippen LogP contribution in [0.4, 0.5) is 13.2 Å². The number of halogens is 3. The van der Waals surface area contributed by atoms with E-state index in [4.69, 9.17) is 0 Å². The zero-order valence-corrected chi connectivity index (χ0v) is 11.6. The number of likely N-dealkylation sites (tertiary alicyclic amines) is 1. The molecule has 1 atom stereocenters. The Morgan fingerprint density at radius 1 is 1.10 bits per heavy atom. The minimum Gasteiger partial charge on any atom is -0.362 e. The Hall–Kier alpha value is -0.780. The lowest BCUT2D eigenvalue weighted by Gasteiger charge is -2.34. The number of carbonyl (C=O) groups is 1. The van der Waals surface area contributed by atoms with Crippen molar-refractivity contribution in [2.45, 2.75) is 57.2 Å². The maximum Gasteiger partial charge on any atom is 0.411 e. The third-order valence-corrected chi connectivity index (χ3v) is 4.30. The molecule has 1 heterocycles. The van der Waals surface area contributed by atoms with Crippen LogP contribution in [0.5, 0.6) is 0 Å². The first-order chi connectivity index (χ1) is 9.47. The van der Waals surface area contributed by atoms with E-state index in [9.17, 15) is 18.0 Å². The first-order valence-corrected chi connectivity index (χ1v) is 7.41. The number of hydrogen-bond acceptors (Lipinski definition) is 2. The molecule has 6 heteroatoms. The van der Waals surface area contributed by atoms with Gasteiger partial charge in [-0.2, -0.15) is 13.2 Å². The van der Waals surface area contributed by atoms with E-state index >= 15 is 0 Å². The zero-order chi connectivity index (χ0) is 14.6. The lowest BCUT2D eigenvalue weighted by molar-refractivity contribution is -0.178. The van der Waals surface area contributed by atoms with Crippen LogP contribution in [0, 0.1) is 5.92 Å². The molecular weight excluding hydrogens is 271 g/mol. The SMILES string of the molecule is O=C(COCC(F)(F)F)N1CCCC1C1CCCCC1. The summed E-state index contributed by atoms with van der Waals surface area (Å²) >= 11 is 0. The monoisotopic (exact) mass is 293 g/mol. The van der Waals surface area contributed by atoms with E-state index in [1.807, 2.05) is 0 Å². The van der Waals surface area contributed by atoms with E-state index in [1.54, 1.807) is 4.90 Å². The van der Waals surface area contributed by atoms with Crippen LogP contribution in [0.15, 0.2) is 0 Å². The second kappa shape index (κ2) is 6.78. The summed E-state index contributed by atoms with van der Waals surface area (Å²) in [5, 5.41) is 0. The van der Waals surface area contributed by atoms with Crippen molar-refractivity contribution in [3.63, 3.8) is 0 Å². The van der Waals surface area contributed by atoms with Crippen molar-refractivity contribution in [3.05, 3.63) is 0 Å². The van der Waals surface area contributed by atoms with Crippen molar-refractivity contribution in [1.82, 2.24) is 4.90 Å². The highest BCUT2D eigenvalue weighted by Gasteiger charge is 2.35. The first kappa shape index (κ1) is 15.6. The van der Waals surface area contributed by atoms with Gasteiger partial charge in [0, 0.05) is 12.6 Å².